The minimum Gasteiger partial charge on any atom is -0.466 e. The number of esters is 1. The lowest BCUT2D eigenvalue weighted by atomic mass is 10.4. The highest BCUT2D eigenvalue weighted by Gasteiger charge is 2.05. The molecule has 0 aliphatic heterocycles. The second-order valence-electron chi connectivity index (χ2n) is 3.19. The Bertz CT molecular complexity index is 515. The molecule has 92 valence electrons. The molecule has 0 atom stereocenters. The second-order valence-corrected chi connectivity index (χ2v) is 6.18. The number of hydrogen-bond acceptors (Lipinski definition) is 5. The molecule has 0 aliphatic carbocycles. The Labute approximate surface area is 105 Å². The number of hydrogen-bond donors (Lipinski definition) is 0. The lowest BCUT2D eigenvalue weighted by molar-refractivity contribution is -0.134. The molecule has 0 unspecified atom stereocenters. The first-order valence-corrected chi connectivity index (χ1v) is 7.42. The van der Waals surface area contributed by atoms with Gasteiger partial charge in [-0.3, -0.25) is 0 Å². The summed E-state index contributed by atoms with van der Waals surface area (Å²) >= 11 is 1.31. The summed E-state index contributed by atoms with van der Waals surface area (Å²) in [5.41, 5.74) is 0. The lowest BCUT2D eigenvalue weighted by Crippen LogP contribution is -1.95. The Balaban J connectivity index is 2.70. The molecular formula is C11H12O4S2. The van der Waals surface area contributed by atoms with Crippen LogP contribution in [-0.4, -0.2) is 27.8 Å². The van der Waals surface area contributed by atoms with E-state index in [1.807, 2.05) is 0 Å². The standard InChI is InChI=1S/C11H12O4S2/c1-15-11(12)7-8-16-9-3-5-10(6-4-9)17(2,13)14/h3-8H,1-2H3. The van der Waals surface area contributed by atoms with E-state index in [0.29, 0.717) is 0 Å². The molecule has 1 aromatic carbocycles. The molecule has 0 heterocycles. The number of benzene rings is 1. The summed E-state index contributed by atoms with van der Waals surface area (Å²) in [6.45, 7) is 0. The molecule has 0 N–H and O–H groups in total. The summed E-state index contributed by atoms with van der Waals surface area (Å²) in [6.07, 6.45) is 2.46. The van der Waals surface area contributed by atoms with E-state index >= 15 is 0 Å². The average molecular weight is 272 g/mol. The number of methoxy groups -OCH3 is 1. The predicted octanol–water partition coefficient (Wildman–Crippen LogP) is 1.87. The summed E-state index contributed by atoms with van der Waals surface area (Å²) in [5.74, 6) is -0.426. The van der Waals surface area contributed by atoms with Gasteiger partial charge in [0.2, 0.25) is 0 Å². The van der Waals surface area contributed by atoms with Crippen LogP contribution < -0.4 is 0 Å². The van der Waals surface area contributed by atoms with Crippen LogP contribution in [0.2, 0.25) is 0 Å². The largest absolute Gasteiger partial charge is 0.466 e. The Morgan fingerprint density at radius 2 is 1.88 bits per heavy atom. The van der Waals surface area contributed by atoms with Gasteiger partial charge in [0.1, 0.15) is 0 Å². The van der Waals surface area contributed by atoms with Gasteiger partial charge in [0.25, 0.3) is 0 Å². The van der Waals surface area contributed by atoms with Crippen molar-refractivity contribution in [2.45, 2.75) is 9.79 Å². The van der Waals surface area contributed by atoms with Crippen LogP contribution in [0, 0.1) is 0 Å². The van der Waals surface area contributed by atoms with Crippen LogP contribution in [0.5, 0.6) is 0 Å². The van der Waals surface area contributed by atoms with Gasteiger partial charge in [-0.25, -0.2) is 13.2 Å². The Morgan fingerprint density at radius 3 is 2.35 bits per heavy atom. The van der Waals surface area contributed by atoms with Crippen molar-refractivity contribution in [3.63, 3.8) is 0 Å². The van der Waals surface area contributed by atoms with Crippen molar-refractivity contribution in [2.75, 3.05) is 13.4 Å². The predicted molar refractivity (Wildman–Crippen MR) is 66.6 cm³/mol. The van der Waals surface area contributed by atoms with Crippen molar-refractivity contribution >= 4 is 27.6 Å². The van der Waals surface area contributed by atoms with E-state index in [4.69, 9.17) is 0 Å². The number of sulfone groups is 1. The maximum Gasteiger partial charge on any atom is 0.330 e. The molecule has 0 saturated carbocycles. The summed E-state index contributed by atoms with van der Waals surface area (Å²) < 4.78 is 26.8. The molecule has 0 aromatic heterocycles. The van der Waals surface area contributed by atoms with E-state index in [1.165, 1.54) is 37.1 Å². The summed E-state index contributed by atoms with van der Waals surface area (Å²) in [7, 11) is -1.86. The highest BCUT2D eigenvalue weighted by Crippen LogP contribution is 2.21. The molecule has 0 spiro atoms. The molecule has 0 radical (unpaired) electrons. The van der Waals surface area contributed by atoms with Crippen molar-refractivity contribution in [3.8, 4) is 0 Å². The maximum atomic E-state index is 11.2. The van der Waals surface area contributed by atoms with Crippen molar-refractivity contribution in [3.05, 3.63) is 35.7 Å². The van der Waals surface area contributed by atoms with Gasteiger partial charge in [0.15, 0.2) is 9.84 Å². The van der Waals surface area contributed by atoms with Crippen molar-refractivity contribution in [1.29, 1.82) is 0 Å². The molecule has 0 aliphatic rings. The topological polar surface area (TPSA) is 60.4 Å². The van der Waals surface area contributed by atoms with Gasteiger partial charge >= 0.3 is 5.97 Å². The highest BCUT2D eigenvalue weighted by molar-refractivity contribution is 8.02. The van der Waals surface area contributed by atoms with E-state index in [-0.39, 0.29) is 4.90 Å². The molecule has 0 amide bonds. The molecule has 1 rings (SSSR count). The quantitative estimate of drug-likeness (QED) is 0.476. The van der Waals surface area contributed by atoms with E-state index < -0.39 is 15.8 Å². The fourth-order valence-electron chi connectivity index (χ4n) is 1.00. The van der Waals surface area contributed by atoms with E-state index in [2.05, 4.69) is 4.74 Å². The first-order valence-electron chi connectivity index (χ1n) is 4.65. The van der Waals surface area contributed by atoms with E-state index in [9.17, 15) is 13.2 Å². The smallest absolute Gasteiger partial charge is 0.330 e. The van der Waals surface area contributed by atoms with Gasteiger partial charge in [-0.1, -0.05) is 11.8 Å². The zero-order valence-electron chi connectivity index (χ0n) is 9.41. The molecule has 0 saturated heterocycles. The minimum absolute atomic E-state index is 0.277. The van der Waals surface area contributed by atoms with E-state index in [1.54, 1.807) is 17.5 Å². The fourth-order valence-corrected chi connectivity index (χ4v) is 2.26. The van der Waals surface area contributed by atoms with Crippen LogP contribution in [0.15, 0.2) is 45.5 Å². The van der Waals surface area contributed by atoms with Gasteiger partial charge in [-0.2, -0.15) is 0 Å². The average Bonchev–Trinajstić information content (AvgIpc) is 2.28. The Kier molecular flexibility index (Phi) is 4.77. The van der Waals surface area contributed by atoms with Gasteiger partial charge in [0, 0.05) is 17.2 Å². The van der Waals surface area contributed by atoms with Crippen molar-refractivity contribution in [2.24, 2.45) is 0 Å². The minimum atomic E-state index is -3.16. The molecular weight excluding hydrogens is 260 g/mol. The number of carbonyl (C=O) groups excluding carboxylic acids is 1. The molecule has 17 heavy (non-hydrogen) atoms. The highest BCUT2D eigenvalue weighted by atomic mass is 32.2. The van der Waals surface area contributed by atoms with Crippen LogP contribution in [-0.2, 0) is 19.4 Å². The summed E-state index contributed by atoms with van der Waals surface area (Å²) in [5, 5.41) is 1.58. The first kappa shape index (κ1) is 13.8. The normalized spacial score (nSPS) is 11.6. The molecule has 0 bridgehead atoms. The zero-order chi connectivity index (χ0) is 12.9. The Morgan fingerprint density at radius 1 is 1.29 bits per heavy atom. The van der Waals surface area contributed by atoms with Crippen LogP contribution in [0.4, 0.5) is 0 Å². The molecule has 1 aromatic rings. The number of thioether (sulfide) groups is 1. The number of ether oxygens (including phenoxy) is 1. The van der Waals surface area contributed by atoms with E-state index in [0.717, 1.165) is 11.2 Å². The van der Waals surface area contributed by atoms with Gasteiger partial charge in [-0.05, 0) is 29.7 Å². The Hall–Kier alpha value is -1.27. The van der Waals surface area contributed by atoms with Crippen molar-refractivity contribution < 1.29 is 17.9 Å². The van der Waals surface area contributed by atoms with Gasteiger partial charge in [-0.15, -0.1) is 0 Å². The van der Waals surface area contributed by atoms with Crippen LogP contribution >= 0.6 is 11.8 Å². The van der Waals surface area contributed by atoms with Crippen molar-refractivity contribution in [1.82, 2.24) is 0 Å². The second kappa shape index (κ2) is 5.88. The SMILES string of the molecule is COC(=O)C=CSc1ccc(S(C)(=O)=O)cc1. The monoisotopic (exact) mass is 272 g/mol. The summed E-state index contributed by atoms with van der Waals surface area (Å²) in [4.78, 5) is 11.9. The third kappa shape index (κ3) is 4.62. The zero-order valence-corrected chi connectivity index (χ0v) is 11.0. The molecule has 6 heteroatoms. The number of carbonyl (C=O) groups is 1. The molecule has 4 nitrogen and oxygen atoms in total. The third-order valence-electron chi connectivity index (χ3n) is 1.86. The van der Waals surface area contributed by atoms with Crippen LogP contribution in [0.1, 0.15) is 0 Å². The lowest BCUT2D eigenvalue weighted by Gasteiger charge is -1.99. The van der Waals surface area contributed by atoms with Crippen LogP contribution in [0.25, 0.3) is 0 Å². The van der Waals surface area contributed by atoms with Gasteiger partial charge < -0.3 is 4.74 Å². The maximum absolute atomic E-state index is 11.2. The third-order valence-corrected chi connectivity index (χ3v) is 3.81. The van der Waals surface area contributed by atoms with Gasteiger partial charge in [0.05, 0.1) is 12.0 Å². The first-order chi connectivity index (χ1) is 7.93. The fraction of sp³-hybridized carbons (Fsp3) is 0.182. The number of rotatable bonds is 4. The molecule has 0 fully saturated rings. The van der Waals surface area contributed by atoms with Crippen LogP contribution in [0.3, 0.4) is 0 Å². The summed E-state index contributed by atoms with van der Waals surface area (Å²) in [6, 6.07) is 6.43.